The molecule has 0 N–H and O–H groups in total. The van der Waals surface area contributed by atoms with Gasteiger partial charge < -0.3 is 4.90 Å². The molecule has 0 aromatic heterocycles. The largest absolute Gasteiger partial charge is 0.308 e. The highest BCUT2D eigenvalue weighted by molar-refractivity contribution is 6.21. The average Bonchev–Trinajstić information content (AvgIpc) is 2.17. The molecule has 0 spiro atoms. The molecule has 0 bridgehead atoms. The maximum Gasteiger partial charge on any atom is 0.269 e. The second-order valence-electron chi connectivity index (χ2n) is 3.58. The molecule has 0 fully saturated rings. The minimum Gasteiger partial charge on any atom is -0.308 e. The van der Waals surface area contributed by atoms with Crippen LogP contribution in [0.15, 0.2) is 24.3 Å². The Morgan fingerprint density at radius 1 is 1.40 bits per heavy atom. The van der Waals surface area contributed by atoms with E-state index in [1.165, 1.54) is 12.1 Å². The molecule has 0 aliphatic carbocycles. The molecule has 4 nitrogen and oxygen atoms in total. The normalized spacial score (nSPS) is 12.8. The fourth-order valence-electron chi connectivity index (χ4n) is 1.23. The lowest BCUT2D eigenvalue weighted by Crippen LogP contribution is -2.17. The van der Waals surface area contributed by atoms with Gasteiger partial charge in [-0.3, -0.25) is 10.1 Å². The van der Waals surface area contributed by atoms with Crippen molar-refractivity contribution in [3.05, 3.63) is 39.9 Å². The van der Waals surface area contributed by atoms with Gasteiger partial charge in [0.2, 0.25) is 0 Å². The van der Waals surface area contributed by atoms with E-state index >= 15 is 0 Å². The van der Waals surface area contributed by atoms with Crippen molar-refractivity contribution >= 4 is 17.3 Å². The van der Waals surface area contributed by atoms with Crippen molar-refractivity contribution in [1.29, 1.82) is 0 Å². The van der Waals surface area contributed by atoms with E-state index in [9.17, 15) is 10.1 Å². The van der Waals surface area contributed by atoms with Gasteiger partial charge in [0.15, 0.2) is 0 Å². The lowest BCUT2D eigenvalue weighted by molar-refractivity contribution is -0.384. The first-order chi connectivity index (χ1) is 7.00. The van der Waals surface area contributed by atoms with E-state index in [2.05, 4.69) is 0 Å². The molecule has 1 aromatic rings. The Hall–Kier alpha value is -1.13. The van der Waals surface area contributed by atoms with Gasteiger partial charge in [0.05, 0.1) is 10.3 Å². The van der Waals surface area contributed by atoms with E-state index in [1.807, 2.05) is 19.0 Å². The molecule has 0 saturated heterocycles. The number of halogens is 1. The monoisotopic (exact) mass is 228 g/mol. The zero-order valence-corrected chi connectivity index (χ0v) is 9.44. The van der Waals surface area contributed by atoms with Gasteiger partial charge in [0, 0.05) is 18.7 Å². The molecule has 0 heterocycles. The van der Waals surface area contributed by atoms with Crippen molar-refractivity contribution in [1.82, 2.24) is 4.90 Å². The predicted octanol–water partition coefficient (Wildman–Crippen LogP) is 2.44. The summed E-state index contributed by atoms with van der Waals surface area (Å²) in [6.07, 6.45) is 0. The summed E-state index contributed by atoms with van der Waals surface area (Å²) in [7, 11) is 3.86. The van der Waals surface area contributed by atoms with Gasteiger partial charge in [-0.25, -0.2) is 0 Å². The third-order valence-corrected chi connectivity index (χ3v) is 2.38. The fraction of sp³-hybridized carbons (Fsp3) is 0.400. The molecule has 5 heteroatoms. The highest BCUT2D eigenvalue weighted by atomic mass is 35.5. The summed E-state index contributed by atoms with van der Waals surface area (Å²) >= 11 is 6.12. The summed E-state index contributed by atoms with van der Waals surface area (Å²) in [4.78, 5) is 12.0. The quantitative estimate of drug-likeness (QED) is 0.452. The summed E-state index contributed by atoms with van der Waals surface area (Å²) in [5.41, 5.74) is 0.989. The topological polar surface area (TPSA) is 46.4 Å². The number of nitrogens with zero attached hydrogens (tertiary/aromatic N) is 2. The van der Waals surface area contributed by atoms with E-state index in [1.54, 1.807) is 12.1 Å². The van der Waals surface area contributed by atoms with Crippen LogP contribution in [0.2, 0.25) is 0 Å². The maximum atomic E-state index is 10.4. The molecule has 0 aliphatic rings. The predicted molar refractivity (Wildman–Crippen MR) is 60.2 cm³/mol. The maximum absolute atomic E-state index is 10.4. The lowest BCUT2D eigenvalue weighted by atomic mass is 10.1. The molecule has 82 valence electrons. The van der Waals surface area contributed by atoms with E-state index in [0.717, 1.165) is 5.56 Å². The molecular formula is C10H13ClN2O2. The minimum absolute atomic E-state index is 0.0902. The number of likely N-dealkylation sites (N-methyl/N-ethyl adjacent to an activating group) is 1. The number of hydrogen-bond donors (Lipinski definition) is 0. The molecule has 0 amide bonds. The van der Waals surface area contributed by atoms with Crippen molar-refractivity contribution in [2.75, 3.05) is 20.6 Å². The highest BCUT2D eigenvalue weighted by Gasteiger charge is 2.11. The van der Waals surface area contributed by atoms with Crippen molar-refractivity contribution in [2.45, 2.75) is 5.38 Å². The Balaban J connectivity index is 2.75. The molecule has 1 unspecified atom stereocenters. The Morgan fingerprint density at radius 3 is 2.33 bits per heavy atom. The van der Waals surface area contributed by atoms with Gasteiger partial charge in [0.1, 0.15) is 0 Å². The van der Waals surface area contributed by atoms with Crippen LogP contribution in [0, 0.1) is 10.1 Å². The molecule has 15 heavy (non-hydrogen) atoms. The Bertz CT molecular complexity index is 338. The van der Waals surface area contributed by atoms with Gasteiger partial charge in [-0.1, -0.05) is 12.1 Å². The molecule has 1 rings (SSSR count). The van der Waals surface area contributed by atoms with Crippen LogP contribution in [-0.4, -0.2) is 30.5 Å². The number of nitro groups is 1. The Labute approximate surface area is 93.6 Å². The zero-order chi connectivity index (χ0) is 11.4. The van der Waals surface area contributed by atoms with E-state index in [4.69, 9.17) is 11.6 Å². The van der Waals surface area contributed by atoms with Crippen LogP contribution in [0.5, 0.6) is 0 Å². The van der Waals surface area contributed by atoms with Gasteiger partial charge >= 0.3 is 0 Å². The van der Waals surface area contributed by atoms with E-state index in [0.29, 0.717) is 6.54 Å². The van der Waals surface area contributed by atoms with Gasteiger partial charge in [-0.2, -0.15) is 0 Å². The van der Waals surface area contributed by atoms with Crippen LogP contribution in [0.25, 0.3) is 0 Å². The van der Waals surface area contributed by atoms with Gasteiger partial charge in [-0.15, -0.1) is 11.6 Å². The first-order valence-electron chi connectivity index (χ1n) is 4.54. The van der Waals surface area contributed by atoms with Gasteiger partial charge in [-0.05, 0) is 19.7 Å². The van der Waals surface area contributed by atoms with Crippen LogP contribution >= 0.6 is 11.6 Å². The van der Waals surface area contributed by atoms with Crippen LogP contribution < -0.4 is 0 Å². The SMILES string of the molecule is CN(C)CC(Cl)c1ccc([N+](=O)[O-])cc1. The number of rotatable bonds is 4. The lowest BCUT2D eigenvalue weighted by Gasteiger charge is -2.14. The molecule has 0 radical (unpaired) electrons. The summed E-state index contributed by atoms with van der Waals surface area (Å²) < 4.78 is 0. The van der Waals surface area contributed by atoms with Crippen LogP contribution in [0.4, 0.5) is 5.69 Å². The first-order valence-corrected chi connectivity index (χ1v) is 4.97. The van der Waals surface area contributed by atoms with E-state index < -0.39 is 4.92 Å². The molecule has 1 atom stereocenters. The van der Waals surface area contributed by atoms with Gasteiger partial charge in [0.25, 0.3) is 5.69 Å². The minimum atomic E-state index is -0.418. The molecular weight excluding hydrogens is 216 g/mol. The Morgan fingerprint density at radius 2 is 1.93 bits per heavy atom. The number of hydrogen-bond acceptors (Lipinski definition) is 3. The van der Waals surface area contributed by atoms with Crippen LogP contribution in [0.3, 0.4) is 0 Å². The standard InChI is InChI=1S/C10H13ClN2O2/c1-12(2)7-10(11)8-3-5-9(6-4-8)13(14)15/h3-6,10H,7H2,1-2H3. The summed E-state index contributed by atoms with van der Waals surface area (Å²) in [5.74, 6) is 0. The average molecular weight is 229 g/mol. The Kier molecular flexibility index (Phi) is 4.05. The van der Waals surface area contributed by atoms with Crippen molar-refractivity contribution in [3.63, 3.8) is 0 Å². The summed E-state index contributed by atoms with van der Waals surface area (Å²) in [6.45, 7) is 0.708. The number of nitro benzene ring substituents is 1. The fourth-order valence-corrected chi connectivity index (χ4v) is 1.65. The summed E-state index contributed by atoms with van der Waals surface area (Å²) in [6, 6.07) is 6.33. The first kappa shape index (κ1) is 11.9. The second kappa shape index (κ2) is 5.09. The van der Waals surface area contributed by atoms with Crippen molar-refractivity contribution < 1.29 is 4.92 Å². The molecule has 1 aromatic carbocycles. The smallest absolute Gasteiger partial charge is 0.269 e. The van der Waals surface area contributed by atoms with Crippen molar-refractivity contribution in [3.8, 4) is 0 Å². The van der Waals surface area contributed by atoms with Crippen molar-refractivity contribution in [2.24, 2.45) is 0 Å². The molecule has 0 aliphatic heterocycles. The van der Waals surface area contributed by atoms with Crippen LogP contribution in [0.1, 0.15) is 10.9 Å². The third-order valence-electron chi connectivity index (χ3n) is 1.99. The van der Waals surface area contributed by atoms with E-state index in [-0.39, 0.29) is 11.1 Å². The summed E-state index contributed by atoms with van der Waals surface area (Å²) in [5, 5.41) is 10.3. The zero-order valence-electron chi connectivity index (χ0n) is 8.68. The number of alkyl halides is 1. The number of benzene rings is 1. The highest BCUT2D eigenvalue weighted by Crippen LogP contribution is 2.23. The third kappa shape index (κ3) is 3.49. The molecule has 0 saturated carbocycles. The van der Waals surface area contributed by atoms with Crippen LogP contribution in [-0.2, 0) is 0 Å². The number of non-ortho nitro benzene ring substituents is 1. The second-order valence-corrected chi connectivity index (χ2v) is 4.11.